The number of hydrogen-bond acceptors (Lipinski definition) is 1. The van der Waals surface area contributed by atoms with Gasteiger partial charge in [-0.1, -0.05) is 17.7 Å². The molecule has 0 aromatic heterocycles. The van der Waals surface area contributed by atoms with Crippen LogP contribution >= 0.6 is 11.6 Å². The summed E-state index contributed by atoms with van der Waals surface area (Å²) in [6.07, 6.45) is 0. The number of ketones is 1. The van der Waals surface area contributed by atoms with Crippen molar-refractivity contribution < 1.29 is 18.0 Å². The summed E-state index contributed by atoms with van der Waals surface area (Å²) in [5.74, 6) is -3.30. The largest absolute Gasteiger partial charge is 0.294 e. The fourth-order valence-corrected chi connectivity index (χ4v) is 2.09. The number of carbonyl (C=O) groups excluding carboxylic acids is 1. The van der Waals surface area contributed by atoms with E-state index in [9.17, 15) is 18.0 Å². The average Bonchev–Trinajstić information content (AvgIpc) is 2.26. The summed E-state index contributed by atoms with van der Waals surface area (Å²) in [5.41, 5.74) is 0.0248. The molecule has 0 saturated carbocycles. The number of rotatable bonds is 2. The molecule has 0 fully saturated rings. The highest BCUT2D eigenvalue weighted by atomic mass is 35.5. The molecule has 0 radical (unpaired) electrons. The lowest BCUT2D eigenvalue weighted by molar-refractivity contribution is 0.101. The van der Waals surface area contributed by atoms with Crippen molar-refractivity contribution in [2.24, 2.45) is 0 Å². The minimum absolute atomic E-state index is 0.0909. The molecule has 98 valence electrons. The zero-order chi connectivity index (χ0) is 14.2. The maximum Gasteiger partial charge on any atom is 0.161 e. The smallest absolute Gasteiger partial charge is 0.161 e. The highest BCUT2D eigenvalue weighted by Crippen LogP contribution is 2.30. The first-order chi connectivity index (χ1) is 8.90. The lowest BCUT2D eigenvalue weighted by Gasteiger charge is -2.08. The van der Waals surface area contributed by atoms with Crippen LogP contribution in [0.1, 0.15) is 17.3 Å². The summed E-state index contributed by atoms with van der Waals surface area (Å²) in [7, 11) is 0. The lowest BCUT2D eigenvalue weighted by Crippen LogP contribution is -1.96. The molecule has 19 heavy (non-hydrogen) atoms. The molecule has 0 spiro atoms. The van der Waals surface area contributed by atoms with Gasteiger partial charge in [-0.3, -0.25) is 4.79 Å². The fraction of sp³-hybridized carbons (Fsp3) is 0.0714. The maximum atomic E-state index is 13.6. The zero-order valence-electron chi connectivity index (χ0n) is 9.81. The SMILES string of the molecule is CC(=O)c1ccc(-c2c(F)cc(F)cc2F)cc1Cl. The first kappa shape index (κ1) is 13.6. The number of benzene rings is 2. The standard InChI is InChI=1S/C14H8ClF3O/c1-7(19)10-3-2-8(4-11(10)15)14-12(17)5-9(16)6-13(14)18/h2-6H,1H3. The first-order valence-electron chi connectivity index (χ1n) is 5.35. The minimum Gasteiger partial charge on any atom is -0.294 e. The highest BCUT2D eigenvalue weighted by molar-refractivity contribution is 6.34. The van der Waals surface area contributed by atoms with Crippen molar-refractivity contribution in [3.63, 3.8) is 0 Å². The van der Waals surface area contributed by atoms with Gasteiger partial charge in [0.05, 0.1) is 10.6 Å². The third-order valence-electron chi connectivity index (χ3n) is 2.64. The van der Waals surface area contributed by atoms with Gasteiger partial charge < -0.3 is 0 Å². The molecule has 0 atom stereocenters. The molecule has 0 unspecified atom stereocenters. The topological polar surface area (TPSA) is 17.1 Å². The predicted octanol–water partition coefficient (Wildman–Crippen LogP) is 4.63. The van der Waals surface area contributed by atoms with Gasteiger partial charge in [-0.15, -0.1) is 0 Å². The Morgan fingerprint density at radius 1 is 1.05 bits per heavy atom. The number of Topliss-reactive ketones (excluding diaryl/α,β-unsaturated/α-hetero) is 1. The Morgan fingerprint density at radius 2 is 1.63 bits per heavy atom. The molecule has 0 aliphatic carbocycles. The molecule has 2 aromatic carbocycles. The molecular weight excluding hydrogens is 277 g/mol. The van der Waals surface area contributed by atoms with Crippen LogP contribution in [0, 0.1) is 17.5 Å². The molecule has 0 bridgehead atoms. The number of hydrogen-bond donors (Lipinski definition) is 0. The molecule has 0 aliphatic heterocycles. The quantitative estimate of drug-likeness (QED) is 0.735. The first-order valence-corrected chi connectivity index (χ1v) is 5.73. The second kappa shape index (κ2) is 5.05. The second-order valence-electron chi connectivity index (χ2n) is 4.00. The van der Waals surface area contributed by atoms with Gasteiger partial charge in [0.2, 0.25) is 0 Å². The molecule has 5 heteroatoms. The van der Waals surface area contributed by atoms with Crippen molar-refractivity contribution in [2.45, 2.75) is 6.92 Å². The van der Waals surface area contributed by atoms with Crippen molar-refractivity contribution in [1.29, 1.82) is 0 Å². The lowest BCUT2D eigenvalue weighted by atomic mass is 10.0. The van der Waals surface area contributed by atoms with E-state index in [0.29, 0.717) is 12.1 Å². The van der Waals surface area contributed by atoms with Crippen LogP contribution in [0.5, 0.6) is 0 Å². The van der Waals surface area contributed by atoms with Gasteiger partial charge in [0.1, 0.15) is 17.5 Å². The van der Waals surface area contributed by atoms with E-state index < -0.39 is 17.5 Å². The number of carbonyl (C=O) groups is 1. The molecule has 1 nitrogen and oxygen atoms in total. The van der Waals surface area contributed by atoms with Crippen molar-refractivity contribution in [3.05, 3.63) is 58.4 Å². The van der Waals surface area contributed by atoms with Crippen LogP contribution in [0.2, 0.25) is 5.02 Å². The van der Waals surface area contributed by atoms with Crippen LogP contribution < -0.4 is 0 Å². The van der Waals surface area contributed by atoms with Crippen LogP contribution in [0.4, 0.5) is 13.2 Å². The second-order valence-corrected chi connectivity index (χ2v) is 4.40. The van der Waals surface area contributed by atoms with E-state index in [1.807, 2.05) is 0 Å². The summed E-state index contributed by atoms with van der Waals surface area (Å²) in [6, 6.07) is 5.19. The van der Waals surface area contributed by atoms with Gasteiger partial charge in [-0.05, 0) is 24.6 Å². The Morgan fingerprint density at radius 3 is 2.11 bits per heavy atom. The van der Waals surface area contributed by atoms with E-state index in [1.165, 1.54) is 25.1 Å². The van der Waals surface area contributed by atoms with Crippen LogP contribution in [-0.2, 0) is 0 Å². The van der Waals surface area contributed by atoms with E-state index in [0.717, 1.165) is 0 Å². The third kappa shape index (κ3) is 2.63. The normalized spacial score (nSPS) is 10.6. The van der Waals surface area contributed by atoms with Crippen molar-refractivity contribution >= 4 is 17.4 Å². The Labute approximate surface area is 112 Å². The van der Waals surface area contributed by atoms with Crippen LogP contribution in [0.15, 0.2) is 30.3 Å². The molecule has 0 N–H and O–H groups in total. The molecule has 0 aliphatic rings. The molecule has 2 aromatic rings. The Balaban J connectivity index is 2.61. The van der Waals surface area contributed by atoms with Crippen molar-refractivity contribution in [2.75, 3.05) is 0 Å². The Kier molecular flexibility index (Phi) is 3.62. The summed E-state index contributed by atoms with van der Waals surface area (Å²) in [5, 5.41) is 0.0909. The van der Waals surface area contributed by atoms with Crippen LogP contribution in [0.3, 0.4) is 0 Å². The van der Waals surface area contributed by atoms with E-state index >= 15 is 0 Å². The third-order valence-corrected chi connectivity index (χ3v) is 2.96. The predicted molar refractivity (Wildman–Crippen MR) is 66.8 cm³/mol. The van der Waals surface area contributed by atoms with Gasteiger partial charge >= 0.3 is 0 Å². The monoisotopic (exact) mass is 284 g/mol. The van der Waals surface area contributed by atoms with Gasteiger partial charge in [0.15, 0.2) is 5.78 Å². The Hall–Kier alpha value is -1.81. The fourth-order valence-electron chi connectivity index (χ4n) is 1.77. The van der Waals surface area contributed by atoms with Gasteiger partial charge in [0, 0.05) is 17.7 Å². The van der Waals surface area contributed by atoms with Crippen molar-refractivity contribution in [1.82, 2.24) is 0 Å². The maximum absolute atomic E-state index is 13.6. The highest BCUT2D eigenvalue weighted by Gasteiger charge is 2.15. The molecule has 0 saturated heterocycles. The molecule has 0 amide bonds. The van der Waals surface area contributed by atoms with Crippen LogP contribution in [-0.4, -0.2) is 5.78 Å². The van der Waals surface area contributed by atoms with E-state index in [-0.39, 0.29) is 27.5 Å². The summed E-state index contributed by atoms with van der Waals surface area (Å²) in [4.78, 5) is 11.2. The zero-order valence-corrected chi connectivity index (χ0v) is 10.6. The molecule has 2 rings (SSSR count). The summed E-state index contributed by atoms with van der Waals surface area (Å²) in [6.45, 7) is 1.33. The average molecular weight is 285 g/mol. The van der Waals surface area contributed by atoms with Gasteiger partial charge in [-0.2, -0.15) is 0 Å². The van der Waals surface area contributed by atoms with E-state index in [4.69, 9.17) is 11.6 Å². The van der Waals surface area contributed by atoms with Crippen LogP contribution in [0.25, 0.3) is 11.1 Å². The van der Waals surface area contributed by atoms with Crippen molar-refractivity contribution in [3.8, 4) is 11.1 Å². The molecule has 0 heterocycles. The molecular formula is C14H8ClF3O. The van der Waals surface area contributed by atoms with Gasteiger partial charge in [-0.25, -0.2) is 13.2 Å². The summed E-state index contributed by atoms with van der Waals surface area (Å²) < 4.78 is 40.0. The van der Waals surface area contributed by atoms with Gasteiger partial charge in [0.25, 0.3) is 0 Å². The number of halogens is 4. The Bertz CT molecular complexity index is 645. The minimum atomic E-state index is -1.02. The van der Waals surface area contributed by atoms with E-state index in [2.05, 4.69) is 0 Å². The van der Waals surface area contributed by atoms with E-state index in [1.54, 1.807) is 0 Å². The summed E-state index contributed by atoms with van der Waals surface area (Å²) >= 11 is 5.87.